The van der Waals surface area contributed by atoms with Crippen molar-refractivity contribution in [2.24, 2.45) is 0 Å². The Hall–Kier alpha value is -3.27. The van der Waals surface area contributed by atoms with Gasteiger partial charge in [0.05, 0.1) is 23.7 Å². The van der Waals surface area contributed by atoms with Crippen LogP contribution in [0.5, 0.6) is 5.75 Å². The Morgan fingerprint density at radius 2 is 2.09 bits per heavy atom. The van der Waals surface area contributed by atoms with E-state index in [-0.39, 0.29) is 30.2 Å². The average Bonchev–Trinajstić information content (AvgIpc) is 3.45. The summed E-state index contributed by atoms with van der Waals surface area (Å²) in [5.41, 5.74) is 3.88. The SMILES string of the molecule is O=C1CCC(N2Cc3cc(OC[C@H]4CCCCN4C(=O)Cc4cscn4)ccc3C2=O)C(=O)N1. The molecule has 178 valence electrons. The second kappa shape index (κ2) is 9.54. The Kier molecular flexibility index (Phi) is 6.32. The molecule has 1 N–H and O–H groups in total. The van der Waals surface area contributed by atoms with Gasteiger partial charge < -0.3 is 14.5 Å². The zero-order valence-corrected chi connectivity index (χ0v) is 19.5. The van der Waals surface area contributed by atoms with Crippen molar-refractivity contribution >= 4 is 35.0 Å². The van der Waals surface area contributed by atoms with Crippen LogP contribution in [0, 0.1) is 0 Å². The van der Waals surface area contributed by atoms with Crippen molar-refractivity contribution in [2.45, 2.75) is 57.2 Å². The van der Waals surface area contributed by atoms with Crippen LogP contribution in [0.1, 0.15) is 53.7 Å². The van der Waals surface area contributed by atoms with Gasteiger partial charge in [-0.05, 0) is 49.4 Å². The molecule has 2 saturated heterocycles. The number of nitrogens with one attached hydrogen (secondary N) is 1. The minimum absolute atomic E-state index is 0.00487. The monoisotopic (exact) mass is 482 g/mol. The summed E-state index contributed by atoms with van der Waals surface area (Å²) in [7, 11) is 0. The van der Waals surface area contributed by atoms with Gasteiger partial charge in [0.25, 0.3) is 5.91 Å². The van der Waals surface area contributed by atoms with Crippen LogP contribution in [-0.2, 0) is 27.3 Å². The maximum Gasteiger partial charge on any atom is 0.255 e. The van der Waals surface area contributed by atoms with E-state index < -0.39 is 11.9 Å². The number of nitrogens with zero attached hydrogens (tertiary/aromatic N) is 3. The Morgan fingerprint density at radius 1 is 1.21 bits per heavy atom. The van der Waals surface area contributed by atoms with Gasteiger partial charge in [0.1, 0.15) is 18.4 Å². The van der Waals surface area contributed by atoms with Crippen LogP contribution < -0.4 is 10.1 Å². The van der Waals surface area contributed by atoms with Crippen molar-refractivity contribution in [3.8, 4) is 5.75 Å². The molecule has 5 rings (SSSR count). The van der Waals surface area contributed by atoms with Gasteiger partial charge in [-0.2, -0.15) is 0 Å². The van der Waals surface area contributed by atoms with Gasteiger partial charge in [-0.3, -0.25) is 24.5 Å². The van der Waals surface area contributed by atoms with E-state index in [9.17, 15) is 19.2 Å². The third kappa shape index (κ3) is 4.54. The number of amides is 4. The first-order valence-corrected chi connectivity index (χ1v) is 12.5. The summed E-state index contributed by atoms with van der Waals surface area (Å²) in [4.78, 5) is 57.0. The number of benzene rings is 1. The highest BCUT2D eigenvalue weighted by Gasteiger charge is 2.39. The van der Waals surface area contributed by atoms with Gasteiger partial charge in [-0.25, -0.2) is 4.98 Å². The van der Waals surface area contributed by atoms with Crippen LogP contribution >= 0.6 is 11.3 Å². The maximum atomic E-state index is 12.9. The van der Waals surface area contributed by atoms with E-state index in [1.54, 1.807) is 17.6 Å². The highest BCUT2D eigenvalue weighted by molar-refractivity contribution is 7.07. The van der Waals surface area contributed by atoms with Crippen LogP contribution in [0.2, 0.25) is 0 Å². The summed E-state index contributed by atoms with van der Waals surface area (Å²) in [5, 5.41) is 4.22. The number of hydrogen-bond donors (Lipinski definition) is 1. The lowest BCUT2D eigenvalue weighted by Crippen LogP contribution is -2.52. The molecule has 2 aromatic rings. The summed E-state index contributed by atoms with van der Waals surface area (Å²) in [6, 6.07) is 4.68. The predicted octanol–water partition coefficient (Wildman–Crippen LogP) is 1.91. The van der Waals surface area contributed by atoms with E-state index in [4.69, 9.17) is 4.74 Å². The molecule has 0 bridgehead atoms. The number of thiazole rings is 1. The van der Waals surface area contributed by atoms with E-state index in [0.29, 0.717) is 37.3 Å². The molecule has 9 nitrogen and oxygen atoms in total. The summed E-state index contributed by atoms with van der Waals surface area (Å²) in [5.74, 6) is -0.230. The van der Waals surface area contributed by atoms with E-state index >= 15 is 0 Å². The molecule has 3 aliphatic rings. The minimum atomic E-state index is -0.638. The molecule has 0 radical (unpaired) electrons. The van der Waals surface area contributed by atoms with Crippen LogP contribution in [-0.4, -0.2) is 63.6 Å². The summed E-state index contributed by atoms with van der Waals surface area (Å²) >= 11 is 1.48. The molecule has 4 heterocycles. The highest BCUT2D eigenvalue weighted by Crippen LogP contribution is 2.30. The standard InChI is InChI=1S/C24H26N4O5S/c29-21-7-6-20(23(31)26-21)28-11-15-9-18(4-5-19(15)24(28)32)33-12-17-3-1-2-8-27(17)22(30)10-16-13-34-14-25-16/h4-5,9,13-14,17,20H,1-3,6-8,10-12H2,(H,26,29,31)/t17-,20?/m1/s1. The van der Waals surface area contributed by atoms with Crippen molar-refractivity contribution in [3.05, 3.63) is 45.9 Å². The lowest BCUT2D eigenvalue weighted by atomic mass is 10.0. The summed E-state index contributed by atoms with van der Waals surface area (Å²) in [6.07, 6.45) is 3.78. The molecule has 0 aliphatic carbocycles. The van der Waals surface area contributed by atoms with Crippen molar-refractivity contribution in [1.82, 2.24) is 20.1 Å². The van der Waals surface area contributed by atoms with Gasteiger partial charge in [0.15, 0.2) is 0 Å². The maximum absolute atomic E-state index is 12.9. The number of piperidine rings is 2. The van der Waals surface area contributed by atoms with E-state index in [1.807, 2.05) is 16.3 Å². The molecule has 4 amide bonds. The fourth-order valence-corrected chi connectivity index (χ4v) is 5.47. The van der Waals surface area contributed by atoms with Gasteiger partial charge in [-0.15, -0.1) is 11.3 Å². The molecule has 1 aromatic heterocycles. The number of carbonyl (C=O) groups excluding carboxylic acids is 4. The number of imide groups is 1. The third-order valence-electron chi connectivity index (χ3n) is 6.70. The number of fused-ring (bicyclic) bond motifs is 1. The van der Waals surface area contributed by atoms with Gasteiger partial charge >= 0.3 is 0 Å². The highest BCUT2D eigenvalue weighted by atomic mass is 32.1. The number of ether oxygens (including phenoxy) is 1. The minimum Gasteiger partial charge on any atom is -0.491 e. The van der Waals surface area contributed by atoms with Crippen LogP contribution in [0.25, 0.3) is 0 Å². The number of likely N-dealkylation sites (tertiary alicyclic amines) is 1. The molecule has 0 saturated carbocycles. The van der Waals surface area contributed by atoms with E-state index in [0.717, 1.165) is 37.1 Å². The first-order valence-electron chi connectivity index (χ1n) is 11.6. The molecular weight excluding hydrogens is 456 g/mol. The smallest absolute Gasteiger partial charge is 0.255 e. The Labute approximate surface area is 201 Å². The summed E-state index contributed by atoms with van der Waals surface area (Å²) in [6.45, 7) is 1.41. The zero-order chi connectivity index (χ0) is 23.7. The third-order valence-corrected chi connectivity index (χ3v) is 7.34. The largest absolute Gasteiger partial charge is 0.491 e. The normalized spacial score (nSPS) is 22.5. The molecule has 1 aromatic carbocycles. The molecule has 3 aliphatic heterocycles. The van der Waals surface area contributed by atoms with Crippen molar-refractivity contribution in [2.75, 3.05) is 13.2 Å². The van der Waals surface area contributed by atoms with Crippen LogP contribution in [0.15, 0.2) is 29.1 Å². The second-order valence-electron chi connectivity index (χ2n) is 8.92. The number of rotatable bonds is 6. The van der Waals surface area contributed by atoms with E-state index in [1.165, 1.54) is 16.2 Å². The Balaban J connectivity index is 1.22. The quantitative estimate of drug-likeness (QED) is 0.630. The van der Waals surface area contributed by atoms with Gasteiger partial charge in [0, 0.05) is 30.5 Å². The Bertz CT molecular complexity index is 1120. The van der Waals surface area contributed by atoms with Crippen molar-refractivity contribution < 1.29 is 23.9 Å². The molecule has 2 fully saturated rings. The molecule has 10 heteroatoms. The van der Waals surface area contributed by atoms with Crippen molar-refractivity contribution in [3.63, 3.8) is 0 Å². The van der Waals surface area contributed by atoms with E-state index in [2.05, 4.69) is 10.3 Å². The zero-order valence-electron chi connectivity index (χ0n) is 18.7. The van der Waals surface area contributed by atoms with Gasteiger partial charge in [0.2, 0.25) is 17.7 Å². The fourth-order valence-electron chi connectivity index (χ4n) is 4.92. The number of carbonyl (C=O) groups is 4. The number of aromatic nitrogens is 1. The first kappa shape index (κ1) is 22.5. The molecule has 1 unspecified atom stereocenters. The summed E-state index contributed by atoms with van der Waals surface area (Å²) < 4.78 is 6.08. The molecule has 0 spiro atoms. The van der Waals surface area contributed by atoms with Crippen LogP contribution in [0.3, 0.4) is 0 Å². The molecule has 2 atom stereocenters. The fraction of sp³-hybridized carbons (Fsp3) is 0.458. The Morgan fingerprint density at radius 3 is 2.88 bits per heavy atom. The number of hydrogen-bond acceptors (Lipinski definition) is 7. The lowest BCUT2D eigenvalue weighted by molar-refractivity contribution is -0.137. The predicted molar refractivity (Wildman–Crippen MR) is 123 cm³/mol. The molecular formula is C24H26N4O5S. The van der Waals surface area contributed by atoms with Crippen molar-refractivity contribution in [1.29, 1.82) is 0 Å². The average molecular weight is 483 g/mol. The first-order chi connectivity index (χ1) is 16.5. The van der Waals surface area contributed by atoms with Crippen LogP contribution in [0.4, 0.5) is 0 Å². The molecule has 34 heavy (non-hydrogen) atoms. The van der Waals surface area contributed by atoms with Gasteiger partial charge in [-0.1, -0.05) is 0 Å². The topological polar surface area (TPSA) is 109 Å². The second-order valence-corrected chi connectivity index (χ2v) is 9.64. The lowest BCUT2D eigenvalue weighted by Gasteiger charge is -2.35.